The van der Waals surface area contributed by atoms with Gasteiger partial charge in [-0.05, 0) is 38.0 Å². The molecule has 0 aliphatic heterocycles. The molecule has 3 atom stereocenters. The molecule has 0 N–H and O–H groups in total. The van der Waals surface area contributed by atoms with Crippen LogP contribution in [0.2, 0.25) is 0 Å². The molecule has 0 aromatic carbocycles. The quantitative estimate of drug-likeness (QED) is 0.552. The molecule has 0 aromatic rings. The fraction of sp³-hybridized carbons (Fsp3) is 0.786. The Hall–Kier alpha value is -0.590. The molecule has 0 unspecified atom stereocenters. The van der Waals surface area contributed by atoms with Crippen molar-refractivity contribution in [3.05, 3.63) is 12.2 Å². The van der Waals surface area contributed by atoms with Crippen LogP contribution in [-0.2, 0) is 4.79 Å². The Kier molecular flexibility index (Phi) is 2.22. The van der Waals surface area contributed by atoms with E-state index < -0.39 is 0 Å². The summed E-state index contributed by atoms with van der Waals surface area (Å²) < 4.78 is 0. The zero-order chi connectivity index (χ0) is 10.3. The molecule has 0 aromatic heterocycles. The second kappa shape index (κ2) is 3.47. The van der Waals surface area contributed by atoms with Gasteiger partial charge in [0, 0.05) is 11.3 Å². The predicted octanol–water partition coefficient (Wildman–Crippen LogP) is 3.49. The van der Waals surface area contributed by atoms with Gasteiger partial charge in [-0.15, -0.1) is 0 Å². The highest BCUT2D eigenvalue weighted by atomic mass is 16.1. The van der Waals surface area contributed by atoms with Crippen molar-refractivity contribution in [2.24, 2.45) is 17.3 Å². The van der Waals surface area contributed by atoms with Crippen LogP contribution >= 0.6 is 0 Å². The summed E-state index contributed by atoms with van der Waals surface area (Å²) in [4.78, 5) is 12.6. The Morgan fingerprint density at radius 3 is 2.93 bits per heavy atom. The molecule has 15 heavy (non-hydrogen) atoms. The third-order valence-corrected chi connectivity index (χ3v) is 4.92. The van der Waals surface area contributed by atoms with Gasteiger partial charge in [-0.25, -0.2) is 0 Å². The third-order valence-electron chi connectivity index (χ3n) is 4.92. The van der Waals surface area contributed by atoms with Crippen molar-refractivity contribution < 1.29 is 4.79 Å². The molecular formula is C14H20O. The van der Waals surface area contributed by atoms with Crippen LogP contribution in [0.4, 0.5) is 0 Å². The van der Waals surface area contributed by atoms with Crippen molar-refractivity contribution >= 4 is 5.78 Å². The van der Waals surface area contributed by atoms with Crippen LogP contribution in [0.3, 0.4) is 0 Å². The number of allylic oxidation sites excluding steroid dienone is 2. The summed E-state index contributed by atoms with van der Waals surface area (Å²) in [6, 6.07) is 0. The Labute approximate surface area is 91.9 Å². The first-order valence-corrected chi connectivity index (χ1v) is 6.54. The molecule has 3 aliphatic rings. The normalized spacial score (nSPS) is 44.7. The third kappa shape index (κ3) is 1.32. The van der Waals surface area contributed by atoms with Gasteiger partial charge in [-0.3, -0.25) is 4.79 Å². The highest BCUT2D eigenvalue weighted by Gasteiger charge is 2.50. The molecule has 0 amide bonds. The standard InChI is InChI=1S/C14H20O/c15-13-11-5-1-2-9-14(13)10-4-8-12(14)7-3-6-11/h3,7,11-12H,1-2,4-6,8-10H2/t11-,12-,14+/m1/s1. The van der Waals surface area contributed by atoms with Crippen molar-refractivity contribution in [1.82, 2.24) is 0 Å². The van der Waals surface area contributed by atoms with Gasteiger partial charge in [0.25, 0.3) is 0 Å². The number of carbonyl (C=O) groups is 1. The lowest BCUT2D eigenvalue weighted by Gasteiger charge is -2.32. The van der Waals surface area contributed by atoms with Crippen molar-refractivity contribution in [3.63, 3.8) is 0 Å². The van der Waals surface area contributed by atoms with Crippen LogP contribution in [0.25, 0.3) is 0 Å². The summed E-state index contributed by atoms with van der Waals surface area (Å²) in [7, 11) is 0. The number of hydrogen-bond acceptors (Lipinski definition) is 1. The van der Waals surface area contributed by atoms with Crippen LogP contribution in [0.15, 0.2) is 12.2 Å². The highest BCUT2D eigenvalue weighted by Crippen LogP contribution is 2.53. The highest BCUT2D eigenvalue weighted by molar-refractivity contribution is 5.88. The molecule has 1 spiro atoms. The minimum Gasteiger partial charge on any atom is -0.299 e. The van der Waals surface area contributed by atoms with Crippen molar-refractivity contribution in [2.45, 2.75) is 51.4 Å². The fourth-order valence-corrected chi connectivity index (χ4v) is 4.12. The summed E-state index contributed by atoms with van der Waals surface area (Å²) in [6.07, 6.45) is 14.3. The SMILES string of the molecule is O=C1[C@H]2CC=C[C@@H]3CCC[C@]13CCCC2. The minimum absolute atomic E-state index is 0.0914. The molecular weight excluding hydrogens is 184 g/mol. The lowest BCUT2D eigenvalue weighted by atomic mass is 9.70. The van der Waals surface area contributed by atoms with Gasteiger partial charge < -0.3 is 0 Å². The van der Waals surface area contributed by atoms with Gasteiger partial charge in [0.15, 0.2) is 0 Å². The van der Waals surface area contributed by atoms with E-state index in [1.165, 1.54) is 38.5 Å². The van der Waals surface area contributed by atoms with Crippen LogP contribution < -0.4 is 0 Å². The minimum atomic E-state index is 0.0914. The zero-order valence-corrected chi connectivity index (χ0v) is 9.37. The maximum Gasteiger partial charge on any atom is 0.142 e. The van der Waals surface area contributed by atoms with Gasteiger partial charge >= 0.3 is 0 Å². The van der Waals surface area contributed by atoms with E-state index in [9.17, 15) is 4.79 Å². The van der Waals surface area contributed by atoms with E-state index >= 15 is 0 Å². The van der Waals surface area contributed by atoms with Crippen molar-refractivity contribution in [2.75, 3.05) is 0 Å². The van der Waals surface area contributed by atoms with Crippen LogP contribution in [0.1, 0.15) is 51.4 Å². The van der Waals surface area contributed by atoms with E-state index in [1.807, 2.05) is 0 Å². The number of carbonyl (C=O) groups excluding carboxylic acids is 1. The molecule has 82 valence electrons. The van der Waals surface area contributed by atoms with Crippen molar-refractivity contribution in [1.29, 1.82) is 0 Å². The maximum absolute atomic E-state index is 12.6. The van der Waals surface area contributed by atoms with E-state index in [0.717, 1.165) is 12.8 Å². The first-order valence-electron chi connectivity index (χ1n) is 6.54. The van der Waals surface area contributed by atoms with Gasteiger partial charge in [0.2, 0.25) is 0 Å². The van der Waals surface area contributed by atoms with E-state index in [-0.39, 0.29) is 5.41 Å². The first kappa shape index (κ1) is 9.62. The molecule has 3 rings (SSSR count). The maximum atomic E-state index is 12.6. The number of hydrogen-bond donors (Lipinski definition) is 0. The number of Topliss-reactive ketones (excluding diaryl/α,β-unsaturated/α-hetero) is 1. The molecule has 0 saturated heterocycles. The topological polar surface area (TPSA) is 17.1 Å². The second-order valence-corrected chi connectivity index (χ2v) is 5.63. The van der Waals surface area contributed by atoms with Crippen LogP contribution in [0, 0.1) is 17.3 Å². The molecule has 2 bridgehead atoms. The predicted molar refractivity (Wildman–Crippen MR) is 60.5 cm³/mol. The van der Waals surface area contributed by atoms with Gasteiger partial charge in [0.1, 0.15) is 5.78 Å². The number of ketones is 1. The summed E-state index contributed by atoms with van der Waals surface area (Å²) in [6.45, 7) is 0. The summed E-state index contributed by atoms with van der Waals surface area (Å²) in [5, 5.41) is 0. The van der Waals surface area contributed by atoms with Crippen LogP contribution in [-0.4, -0.2) is 5.78 Å². The molecule has 1 nitrogen and oxygen atoms in total. The Morgan fingerprint density at radius 2 is 2.00 bits per heavy atom. The lowest BCUT2D eigenvalue weighted by molar-refractivity contribution is -0.133. The van der Waals surface area contributed by atoms with Gasteiger partial charge in [-0.2, -0.15) is 0 Å². The van der Waals surface area contributed by atoms with Gasteiger partial charge in [0.05, 0.1) is 0 Å². The van der Waals surface area contributed by atoms with Gasteiger partial charge in [-0.1, -0.05) is 31.4 Å². The average molecular weight is 204 g/mol. The number of rotatable bonds is 0. The van der Waals surface area contributed by atoms with Crippen molar-refractivity contribution in [3.8, 4) is 0 Å². The smallest absolute Gasteiger partial charge is 0.142 e. The summed E-state index contributed by atoms with van der Waals surface area (Å²) in [5.41, 5.74) is 0.0914. The zero-order valence-electron chi connectivity index (χ0n) is 9.37. The monoisotopic (exact) mass is 204 g/mol. The Balaban J connectivity index is 2.04. The van der Waals surface area contributed by atoms with E-state index in [1.54, 1.807) is 0 Å². The Morgan fingerprint density at radius 1 is 1.13 bits per heavy atom. The van der Waals surface area contributed by atoms with E-state index in [2.05, 4.69) is 12.2 Å². The molecule has 1 heteroatoms. The summed E-state index contributed by atoms with van der Waals surface area (Å²) in [5.74, 6) is 1.59. The Bertz CT molecular complexity index is 304. The average Bonchev–Trinajstić information content (AvgIpc) is 2.54. The molecule has 0 heterocycles. The molecule has 0 radical (unpaired) electrons. The fourth-order valence-electron chi connectivity index (χ4n) is 4.12. The second-order valence-electron chi connectivity index (χ2n) is 5.63. The largest absolute Gasteiger partial charge is 0.299 e. The first-order chi connectivity index (χ1) is 7.33. The summed E-state index contributed by atoms with van der Waals surface area (Å²) >= 11 is 0. The van der Waals surface area contributed by atoms with E-state index in [0.29, 0.717) is 17.6 Å². The lowest BCUT2D eigenvalue weighted by Crippen LogP contribution is -2.36. The number of fused-ring (bicyclic) bond motifs is 1. The molecule has 2 fully saturated rings. The molecule has 2 saturated carbocycles. The van der Waals surface area contributed by atoms with Crippen LogP contribution in [0.5, 0.6) is 0 Å². The van der Waals surface area contributed by atoms with E-state index in [4.69, 9.17) is 0 Å². The molecule has 3 aliphatic carbocycles.